The molecule has 0 atom stereocenters. The molecule has 0 amide bonds. The van der Waals surface area contributed by atoms with E-state index in [4.69, 9.17) is 4.74 Å². The van der Waals surface area contributed by atoms with Gasteiger partial charge in [-0.15, -0.1) is 0 Å². The second-order valence-corrected chi connectivity index (χ2v) is 7.23. The van der Waals surface area contributed by atoms with Crippen molar-refractivity contribution in [3.05, 3.63) is 35.6 Å². The number of nitrogens with zero attached hydrogens (tertiary/aromatic N) is 2. The molecule has 2 rings (SSSR count). The molecule has 1 N–H and O–H groups in total. The van der Waals surface area contributed by atoms with Crippen LogP contribution in [0.15, 0.2) is 29.3 Å². The number of halogens is 1. The van der Waals surface area contributed by atoms with Gasteiger partial charge in [0.2, 0.25) is 0 Å². The number of hydrogen-bond donors (Lipinski definition) is 1. The average molecular weight is 335 g/mol. The van der Waals surface area contributed by atoms with E-state index in [1.807, 2.05) is 19.2 Å². The molecule has 24 heavy (non-hydrogen) atoms. The fourth-order valence-corrected chi connectivity index (χ4v) is 2.53. The van der Waals surface area contributed by atoms with Crippen LogP contribution >= 0.6 is 0 Å². The molecule has 0 saturated heterocycles. The van der Waals surface area contributed by atoms with Crippen molar-refractivity contribution < 1.29 is 9.13 Å². The van der Waals surface area contributed by atoms with E-state index in [1.165, 1.54) is 25.0 Å². The quantitative estimate of drug-likeness (QED) is 0.451. The monoisotopic (exact) mass is 335 g/mol. The van der Waals surface area contributed by atoms with E-state index in [1.54, 1.807) is 7.05 Å². The summed E-state index contributed by atoms with van der Waals surface area (Å²) in [5, 5.41) is 3.41. The van der Waals surface area contributed by atoms with Crippen LogP contribution in [0.3, 0.4) is 0 Å². The predicted molar refractivity (Wildman–Crippen MR) is 97.0 cm³/mol. The Kier molecular flexibility index (Phi) is 6.60. The van der Waals surface area contributed by atoms with E-state index >= 15 is 0 Å². The normalized spacial score (nSPS) is 15.5. The van der Waals surface area contributed by atoms with Gasteiger partial charge in [0.1, 0.15) is 5.82 Å². The zero-order valence-electron chi connectivity index (χ0n) is 15.3. The first-order valence-electron chi connectivity index (χ1n) is 8.68. The summed E-state index contributed by atoms with van der Waals surface area (Å²) in [4.78, 5) is 6.42. The Morgan fingerprint density at radius 3 is 2.58 bits per heavy atom. The number of guanidine groups is 1. The summed E-state index contributed by atoms with van der Waals surface area (Å²) in [6, 6.07) is 6.70. The van der Waals surface area contributed by atoms with Crippen LogP contribution in [0.2, 0.25) is 0 Å². The van der Waals surface area contributed by atoms with Crippen molar-refractivity contribution in [3.8, 4) is 0 Å². The predicted octanol–water partition coefficient (Wildman–Crippen LogP) is 3.04. The molecule has 0 aliphatic heterocycles. The van der Waals surface area contributed by atoms with Crippen molar-refractivity contribution in [3.63, 3.8) is 0 Å². The lowest BCUT2D eigenvalue weighted by Crippen LogP contribution is -2.45. The third-order valence-electron chi connectivity index (χ3n) is 4.51. The molecule has 1 aromatic carbocycles. The van der Waals surface area contributed by atoms with Gasteiger partial charge in [0, 0.05) is 39.2 Å². The molecule has 1 fully saturated rings. The van der Waals surface area contributed by atoms with Gasteiger partial charge in [-0.3, -0.25) is 4.99 Å². The average Bonchev–Trinajstić information content (AvgIpc) is 3.37. The third kappa shape index (κ3) is 5.78. The molecule has 1 saturated carbocycles. The molecule has 5 heteroatoms. The molecule has 4 nitrogen and oxygen atoms in total. The number of benzene rings is 1. The number of rotatable bonds is 8. The molecule has 1 aromatic rings. The van der Waals surface area contributed by atoms with Crippen molar-refractivity contribution in [2.75, 3.05) is 40.4 Å². The van der Waals surface area contributed by atoms with Crippen molar-refractivity contribution >= 4 is 5.96 Å². The van der Waals surface area contributed by atoms with Crippen LogP contribution in [-0.2, 0) is 10.2 Å². The van der Waals surface area contributed by atoms with E-state index in [-0.39, 0.29) is 11.2 Å². The first-order chi connectivity index (χ1) is 11.4. The minimum absolute atomic E-state index is 0.118. The summed E-state index contributed by atoms with van der Waals surface area (Å²) in [5.41, 5.74) is 0.981. The highest BCUT2D eigenvalue weighted by Gasteiger charge is 2.22. The van der Waals surface area contributed by atoms with Crippen molar-refractivity contribution in [1.82, 2.24) is 10.2 Å². The van der Waals surface area contributed by atoms with Gasteiger partial charge in [-0.05, 0) is 36.5 Å². The van der Waals surface area contributed by atoms with E-state index in [9.17, 15) is 4.39 Å². The highest BCUT2D eigenvalue weighted by atomic mass is 19.1. The molecule has 1 aliphatic rings. The summed E-state index contributed by atoms with van der Waals surface area (Å²) < 4.78 is 18.8. The molecule has 0 radical (unpaired) electrons. The van der Waals surface area contributed by atoms with Crippen LogP contribution in [0, 0.1) is 11.7 Å². The minimum Gasteiger partial charge on any atom is -0.379 e. The van der Waals surface area contributed by atoms with E-state index in [0.717, 1.165) is 43.7 Å². The highest BCUT2D eigenvalue weighted by molar-refractivity contribution is 5.79. The number of ether oxygens (including phenoxy) is 1. The van der Waals surface area contributed by atoms with E-state index < -0.39 is 0 Å². The second kappa shape index (κ2) is 8.47. The fourth-order valence-electron chi connectivity index (χ4n) is 2.53. The topological polar surface area (TPSA) is 36.9 Å². The molecule has 0 spiro atoms. The Morgan fingerprint density at radius 2 is 2.00 bits per heavy atom. The third-order valence-corrected chi connectivity index (χ3v) is 4.51. The van der Waals surface area contributed by atoms with Gasteiger partial charge in [-0.25, -0.2) is 4.39 Å². The Balaban J connectivity index is 1.79. The van der Waals surface area contributed by atoms with Gasteiger partial charge in [0.25, 0.3) is 0 Å². The lowest BCUT2D eigenvalue weighted by molar-refractivity contribution is 0.115. The van der Waals surface area contributed by atoms with Crippen molar-refractivity contribution in [1.29, 1.82) is 0 Å². The van der Waals surface area contributed by atoms with Gasteiger partial charge in [-0.1, -0.05) is 26.0 Å². The SMILES string of the molecule is CN=C(NCC(C)(C)c1ccc(F)cc1)N(C)CCOCC1CC1. The molecule has 134 valence electrons. The number of aliphatic imine (C=N–C) groups is 1. The Labute approximate surface area is 145 Å². The lowest BCUT2D eigenvalue weighted by Gasteiger charge is -2.29. The smallest absolute Gasteiger partial charge is 0.193 e. The van der Waals surface area contributed by atoms with Crippen molar-refractivity contribution in [2.24, 2.45) is 10.9 Å². The van der Waals surface area contributed by atoms with Gasteiger partial charge >= 0.3 is 0 Å². The summed E-state index contributed by atoms with van der Waals surface area (Å²) >= 11 is 0. The maximum absolute atomic E-state index is 13.1. The second-order valence-electron chi connectivity index (χ2n) is 7.23. The maximum Gasteiger partial charge on any atom is 0.193 e. The Hall–Kier alpha value is -1.62. The Bertz CT molecular complexity index is 538. The first-order valence-corrected chi connectivity index (χ1v) is 8.68. The van der Waals surface area contributed by atoms with Gasteiger partial charge in [-0.2, -0.15) is 0 Å². The minimum atomic E-state index is -0.204. The number of likely N-dealkylation sites (N-methyl/N-ethyl adjacent to an activating group) is 1. The first kappa shape index (κ1) is 18.7. The summed E-state index contributed by atoms with van der Waals surface area (Å²) in [7, 11) is 3.80. The molecule has 0 unspecified atom stereocenters. The number of hydrogen-bond acceptors (Lipinski definition) is 2. The lowest BCUT2D eigenvalue weighted by atomic mass is 9.84. The molecule has 1 aliphatic carbocycles. The van der Waals surface area contributed by atoms with Gasteiger partial charge in [0.05, 0.1) is 6.61 Å². The molecular weight excluding hydrogens is 305 g/mol. The fraction of sp³-hybridized carbons (Fsp3) is 0.632. The molecule has 0 aromatic heterocycles. The number of nitrogens with one attached hydrogen (secondary N) is 1. The van der Waals surface area contributed by atoms with Crippen LogP contribution < -0.4 is 5.32 Å². The molecule has 0 bridgehead atoms. The van der Waals surface area contributed by atoms with Crippen LogP contribution in [0.5, 0.6) is 0 Å². The molecule has 0 heterocycles. The highest BCUT2D eigenvalue weighted by Crippen LogP contribution is 2.28. The zero-order valence-corrected chi connectivity index (χ0v) is 15.3. The van der Waals surface area contributed by atoms with E-state index in [0.29, 0.717) is 0 Å². The van der Waals surface area contributed by atoms with Gasteiger partial charge in [0.15, 0.2) is 5.96 Å². The van der Waals surface area contributed by atoms with Crippen LogP contribution in [0.25, 0.3) is 0 Å². The van der Waals surface area contributed by atoms with Crippen molar-refractivity contribution in [2.45, 2.75) is 32.1 Å². The van der Waals surface area contributed by atoms with Crippen LogP contribution in [-0.4, -0.2) is 51.3 Å². The summed E-state index contributed by atoms with van der Waals surface area (Å²) in [6.45, 7) is 7.41. The summed E-state index contributed by atoms with van der Waals surface area (Å²) in [6.07, 6.45) is 2.63. The molecular formula is C19H30FN3O. The summed E-state index contributed by atoms with van der Waals surface area (Å²) in [5.74, 6) is 1.44. The van der Waals surface area contributed by atoms with Gasteiger partial charge < -0.3 is 15.0 Å². The maximum atomic E-state index is 13.1. The Morgan fingerprint density at radius 1 is 1.33 bits per heavy atom. The standard InChI is InChI=1S/C19H30FN3O/c1-19(2,16-7-9-17(20)10-8-16)14-22-18(21-3)23(4)11-12-24-13-15-5-6-15/h7-10,15H,5-6,11-14H2,1-4H3,(H,21,22). The largest absolute Gasteiger partial charge is 0.379 e. The van der Waals surface area contributed by atoms with Crippen LogP contribution in [0.4, 0.5) is 4.39 Å². The van der Waals surface area contributed by atoms with E-state index in [2.05, 4.69) is 29.1 Å². The zero-order chi connectivity index (χ0) is 17.6. The van der Waals surface area contributed by atoms with Crippen LogP contribution in [0.1, 0.15) is 32.3 Å².